The average Bonchev–Trinajstić information content (AvgIpc) is 4.18. The van der Waals surface area contributed by atoms with Crippen LogP contribution in [0.4, 0.5) is 22.7 Å². The zero-order chi connectivity index (χ0) is 54.1. The second-order valence-corrected chi connectivity index (χ2v) is 24.2. The van der Waals surface area contributed by atoms with Crippen LogP contribution in [-0.4, -0.2) is 16.2 Å². The number of nitrogens with zero attached hydrogens (tertiary/aromatic N) is 4. The Bertz CT molecular complexity index is 4020. The maximum absolute atomic E-state index is 7.15. The smallest absolute Gasteiger partial charge is 0.137 e. The molecule has 78 heavy (non-hydrogen) atoms. The average molecular weight is 1020 g/mol. The Balaban J connectivity index is 0.963. The Kier molecular flexibility index (Phi) is 12.5. The molecule has 1 aliphatic rings. The Morgan fingerprint density at radius 1 is 0.397 bits per heavy atom. The second-order valence-electron chi connectivity index (χ2n) is 24.2. The van der Waals surface area contributed by atoms with E-state index in [0.29, 0.717) is 6.67 Å². The van der Waals surface area contributed by atoms with Crippen molar-refractivity contribution in [1.29, 1.82) is 0 Å². The lowest BCUT2D eigenvalue weighted by atomic mass is 9.86. The number of pyridine rings is 1. The molecule has 0 amide bonds. The molecule has 2 aromatic heterocycles. The predicted octanol–water partition coefficient (Wildman–Crippen LogP) is 20.1. The number of aryl methyl sites for hydroxylation is 1. The van der Waals surface area contributed by atoms with Gasteiger partial charge < -0.3 is 14.5 Å². The molecular formula is C73H68N4O. The fourth-order valence-electron chi connectivity index (χ4n) is 11.3. The summed E-state index contributed by atoms with van der Waals surface area (Å²) in [7, 11) is 0. The summed E-state index contributed by atoms with van der Waals surface area (Å²) in [4.78, 5) is 10.2. The number of fused-ring (bicyclic) bond motifs is 4. The van der Waals surface area contributed by atoms with E-state index in [1.165, 1.54) is 55.8 Å². The van der Waals surface area contributed by atoms with E-state index in [-0.39, 0.29) is 16.2 Å². The first-order chi connectivity index (χ1) is 37.5. The number of para-hydroxylation sites is 3. The van der Waals surface area contributed by atoms with Crippen LogP contribution in [0.1, 0.15) is 84.6 Å². The monoisotopic (exact) mass is 1020 g/mol. The van der Waals surface area contributed by atoms with Crippen LogP contribution in [0.3, 0.4) is 0 Å². The normalized spacial score (nSPS) is 12.9. The van der Waals surface area contributed by atoms with Crippen molar-refractivity contribution in [2.45, 2.75) is 85.5 Å². The molecule has 5 nitrogen and oxygen atoms in total. The van der Waals surface area contributed by atoms with Crippen molar-refractivity contribution >= 4 is 44.6 Å². The lowest BCUT2D eigenvalue weighted by Crippen LogP contribution is -2.25. The van der Waals surface area contributed by atoms with E-state index in [1.54, 1.807) is 0 Å². The summed E-state index contributed by atoms with van der Waals surface area (Å²) in [6.45, 7) is 23.2. The Morgan fingerprint density at radius 2 is 0.949 bits per heavy atom. The van der Waals surface area contributed by atoms with Crippen molar-refractivity contribution < 1.29 is 4.74 Å². The topological polar surface area (TPSA) is 33.5 Å². The number of aromatic nitrogens is 2. The molecule has 12 rings (SSSR count). The zero-order valence-corrected chi connectivity index (χ0v) is 46.7. The van der Waals surface area contributed by atoms with Crippen LogP contribution in [0.2, 0.25) is 0 Å². The fraction of sp³-hybridized carbons (Fsp3) is 0.192. The van der Waals surface area contributed by atoms with Crippen LogP contribution in [0.25, 0.3) is 72.1 Å². The highest BCUT2D eigenvalue weighted by Crippen LogP contribution is 2.51. The predicted molar refractivity (Wildman–Crippen MR) is 330 cm³/mol. The first-order valence-electron chi connectivity index (χ1n) is 27.4. The summed E-state index contributed by atoms with van der Waals surface area (Å²) >= 11 is 0. The molecule has 1 aliphatic heterocycles. The lowest BCUT2D eigenvalue weighted by Gasteiger charge is -2.28. The Morgan fingerprint density at radius 3 is 1.55 bits per heavy atom. The summed E-state index contributed by atoms with van der Waals surface area (Å²) in [6, 6.07) is 77.5. The molecule has 0 saturated heterocycles. The molecule has 0 fully saturated rings. The van der Waals surface area contributed by atoms with Crippen LogP contribution in [0.15, 0.2) is 219 Å². The van der Waals surface area contributed by atoms with E-state index in [1.807, 2.05) is 6.20 Å². The lowest BCUT2D eigenvalue weighted by molar-refractivity contribution is 0.479. The minimum Gasteiger partial charge on any atom is -0.457 e. The zero-order valence-electron chi connectivity index (χ0n) is 46.7. The molecule has 5 heteroatoms. The summed E-state index contributed by atoms with van der Waals surface area (Å²) < 4.78 is 9.46. The van der Waals surface area contributed by atoms with Crippen molar-refractivity contribution in [3.63, 3.8) is 0 Å². The van der Waals surface area contributed by atoms with Crippen LogP contribution in [-0.2, 0) is 16.2 Å². The van der Waals surface area contributed by atoms with E-state index < -0.39 is 0 Å². The van der Waals surface area contributed by atoms with Crippen molar-refractivity contribution in [2.24, 2.45) is 0 Å². The van der Waals surface area contributed by atoms with Crippen LogP contribution >= 0.6 is 0 Å². The summed E-state index contributed by atoms with van der Waals surface area (Å²) in [5, 5.41) is 2.30. The number of hydrogen-bond acceptors (Lipinski definition) is 4. The van der Waals surface area contributed by atoms with E-state index in [4.69, 9.17) is 9.72 Å². The standard InChI is InChI=1S/C73H68N4O/c1-48-40-69(74-46-64(48)51-22-15-12-16-23-51)77-65-39-32-53(49-28-33-54(34-29-49)71(2,3)4)41-63(65)62-38-37-58(45-68(62)77)78-59-43-56(73(8,9)10)42-57(44-59)75-47-76(67-27-18-17-26-66(67)75)70-60(50-20-13-11-14-21-50)24-19-25-61(70)52-30-35-55(36-31-52)72(5,6)7/h11-46H,47H2,1-10H3. The molecule has 0 radical (unpaired) electrons. The highest BCUT2D eigenvalue weighted by atomic mass is 16.5. The van der Waals surface area contributed by atoms with Crippen LogP contribution in [0.5, 0.6) is 11.5 Å². The SMILES string of the molecule is Cc1cc(-n2c3ccc(-c4ccc(C(C)(C)C)cc4)cc3c3ccc(Oc4cc(N5CN(c6c(-c7ccccc7)cccc6-c6ccc(C(C)(C)C)cc6)c6ccccc65)cc(C(C)(C)C)c4)cc32)ncc1-c1ccccc1. The van der Waals surface area contributed by atoms with Crippen LogP contribution < -0.4 is 14.5 Å². The van der Waals surface area contributed by atoms with Gasteiger partial charge in [0.2, 0.25) is 0 Å². The summed E-state index contributed by atoms with van der Waals surface area (Å²) in [5.41, 5.74) is 21.0. The number of hydrogen-bond donors (Lipinski definition) is 0. The van der Waals surface area contributed by atoms with Gasteiger partial charge in [0.1, 0.15) is 24.0 Å². The van der Waals surface area contributed by atoms with Gasteiger partial charge in [-0.05, 0) is 128 Å². The van der Waals surface area contributed by atoms with E-state index in [2.05, 4.69) is 296 Å². The van der Waals surface area contributed by atoms with E-state index in [0.717, 1.165) is 72.9 Å². The van der Waals surface area contributed by atoms with E-state index in [9.17, 15) is 0 Å². The van der Waals surface area contributed by atoms with Gasteiger partial charge in [0.15, 0.2) is 0 Å². The third kappa shape index (κ3) is 9.42. The van der Waals surface area contributed by atoms with E-state index >= 15 is 0 Å². The van der Waals surface area contributed by atoms with Gasteiger partial charge in [-0.25, -0.2) is 4.98 Å². The molecule has 0 saturated carbocycles. The molecule has 0 aliphatic carbocycles. The number of anilines is 4. The number of rotatable bonds is 9. The fourth-order valence-corrected chi connectivity index (χ4v) is 11.3. The number of benzene rings is 9. The quantitative estimate of drug-likeness (QED) is 0.144. The molecule has 0 N–H and O–H groups in total. The van der Waals surface area contributed by atoms with Gasteiger partial charge >= 0.3 is 0 Å². The molecule has 3 heterocycles. The maximum Gasteiger partial charge on any atom is 0.137 e. The molecule has 9 aromatic carbocycles. The highest BCUT2D eigenvalue weighted by Gasteiger charge is 2.33. The highest BCUT2D eigenvalue weighted by molar-refractivity contribution is 6.11. The number of ether oxygens (including phenoxy) is 1. The molecule has 11 aromatic rings. The summed E-state index contributed by atoms with van der Waals surface area (Å²) in [6.07, 6.45) is 2.02. The van der Waals surface area contributed by atoms with Crippen molar-refractivity contribution in [1.82, 2.24) is 9.55 Å². The third-order valence-corrected chi connectivity index (χ3v) is 15.7. The van der Waals surface area contributed by atoms with Crippen molar-refractivity contribution in [3.05, 3.63) is 241 Å². The first kappa shape index (κ1) is 50.2. The molecule has 0 spiro atoms. The second kappa shape index (κ2) is 19.4. The minimum atomic E-state index is -0.171. The van der Waals surface area contributed by atoms with Gasteiger partial charge in [0.05, 0.1) is 28.1 Å². The molecule has 386 valence electrons. The van der Waals surface area contributed by atoms with Gasteiger partial charge in [-0.15, -0.1) is 0 Å². The largest absolute Gasteiger partial charge is 0.457 e. The first-order valence-corrected chi connectivity index (χ1v) is 27.4. The minimum absolute atomic E-state index is 0.0513. The van der Waals surface area contributed by atoms with Crippen molar-refractivity contribution in [2.75, 3.05) is 16.5 Å². The van der Waals surface area contributed by atoms with Gasteiger partial charge in [0.25, 0.3) is 0 Å². The van der Waals surface area contributed by atoms with Gasteiger partial charge in [0, 0.05) is 51.5 Å². The van der Waals surface area contributed by atoms with Gasteiger partial charge in [-0.1, -0.05) is 208 Å². The van der Waals surface area contributed by atoms with Gasteiger partial charge in [-0.3, -0.25) is 4.57 Å². The Hall–Kier alpha value is -8.67. The van der Waals surface area contributed by atoms with Crippen LogP contribution in [0, 0.1) is 6.92 Å². The molecule has 0 bridgehead atoms. The van der Waals surface area contributed by atoms with Gasteiger partial charge in [-0.2, -0.15) is 0 Å². The maximum atomic E-state index is 7.15. The third-order valence-electron chi connectivity index (χ3n) is 15.7. The van der Waals surface area contributed by atoms with Crippen molar-refractivity contribution in [3.8, 4) is 61.8 Å². The molecule has 0 atom stereocenters. The Labute approximate surface area is 461 Å². The molecule has 0 unspecified atom stereocenters. The summed E-state index contributed by atoms with van der Waals surface area (Å²) in [5.74, 6) is 2.39. The molecular weight excluding hydrogens is 949 g/mol.